The Morgan fingerprint density at radius 2 is 2.30 bits per heavy atom. The summed E-state index contributed by atoms with van der Waals surface area (Å²) in [6, 6.07) is 7.12. The first-order chi connectivity index (χ1) is 9.70. The number of amides is 2. The lowest BCUT2D eigenvalue weighted by Gasteiger charge is -2.11. The Balaban J connectivity index is 1.97. The van der Waals surface area contributed by atoms with Gasteiger partial charge in [-0.25, -0.2) is 0 Å². The fourth-order valence-corrected chi connectivity index (χ4v) is 2.55. The van der Waals surface area contributed by atoms with E-state index in [1.165, 1.54) is 0 Å². The molecule has 20 heavy (non-hydrogen) atoms. The predicted molar refractivity (Wildman–Crippen MR) is 79.0 cm³/mol. The Morgan fingerprint density at radius 3 is 3.00 bits per heavy atom. The average molecular weight is 289 g/mol. The van der Waals surface area contributed by atoms with Crippen LogP contribution in [0.1, 0.15) is 11.1 Å². The van der Waals surface area contributed by atoms with Gasteiger partial charge >= 0.3 is 0 Å². The summed E-state index contributed by atoms with van der Waals surface area (Å²) in [6.45, 7) is 0.678. The molecule has 1 aliphatic heterocycles. The van der Waals surface area contributed by atoms with Crippen molar-refractivity contribution in [3.05, 3.63) is 35.4 Å². The van der Waals surface area contributed by atoms with Crippen LogP contribution < -0.4 is 16.4 Å². The smallest absolute Gasteiger partial charge is 0.279 e. The second-order valence-electron chi connectivity index (χ2n) is 4.18. The van der Waals surface area contributed by atoms with Gasteiger partial charge in [0.2, 0.25) is 5.91 Å². The summed E-state index contributed by atoms with van der Waals surface area (Å²) in [7, 11) is 0. The van der Waals surface area contributed by atoms with E-state index < -0.39 is 6.04 Å². The zero-order valence-corrected chi connectivity index (χ0v) is 11.6. The van der Waals surface area contributed by atoms with E-state index in [0.717, 1.165) is 22.9 Å². The highest BCUT2D eigenvalue weighted by Gasteiger charge is 2.27. The molecule has 0 bridgehead atoms. The number of carbonyl (C=O) groups is 2. The van der Waals surface area contributed by atoms with Gasteiger partial charge in [0, 0.05) is 17.9 Å². The summed E-state index contributed by atoms with van der Waals surface area (Å²) in [5, 5.41) is 5.27. The second kappa shape index (κ2) is 6.98. The molecular weight excluding hydrogens is 274 g/mol. The van der Waals surface area contributed by atoms with Crippen LogP contribution in [0.4, 0.5) is 4.79 Å². The Kier molecular flexibility index (Phi) is 5.04. The van der Waals surface area contributed by atoms with Crippen LogP contribution in [0.2, 0.25) is 0 Å². The normalized spacial score (nSPS) is 17.1. The lowest BCUT2D eigenvalue weighted by Crippen LogP contribution is -2.42. The van der Waals surface area contributed by atoms with Crippen LogP contribution in [0.25, 0.3) is 0 Å². The van der Waals surface area contributed by atoms with Crippen molar-refractivity contribution in [2.24, 2.45) is 5.73 Å². The molecule has 1 heterocycles. The molecule has 0 aromatic heterocycles. The maximum atomic E-state index is 11.9. The molecule has 1 unspecified atom stereocenters. The number of thioether (sulfide) groups is 1. The quantitative estimate of drug-likeness (QED) is 0.705. The third-order valence-corrected chi connectivity index (χ3v) is 3.67. The van der Waals surface area contributed by atoms with Gasteiger partial charge in [-0.05, 0) is 11.6 Å². The Bertz CT molecular complexity index is 577. The summed E-state index contributed by atoms with van der Waals surface area (Å²) in [5.74, 6) is 6.07. The molecule has 2 amide bonds. The number of hydrogen-bond donors (Lipinski definition) is 3. The lowest BCUT2D eigenvalue weighted by molar-refractivity contribution is -0.122. The minimum absolute atomic E-state index is 0.153. The van der Waals surface area contributed by atoms with Crippen molar-refractivity contribution in [1.29, 1.82) is 0 Å². The van der Waals surface area contributed by atoms with Gasteiger partial charge in [-0.15, -0.1) is 0 Å². The molecule has 0 radical (unpaired) electrons. The molecule has 104 valence electrons. The topological polar surface area (TPSA) is 84.2 Å². The number of benzene rings is 1. The number of nitrogens with two attached hydrogens (primary N) is 1. The van der Waals surface area contributed by atoms with Crippen molar-refractivity contribution in [2.45, 2.75) is 12.6 Å². The van der Waals surface area contributed by atoms with Gasteiger partial charge in [-0.3, -0.25) is 9.59 Å². The zero-order valence-electron chi connectivity index (χ0n) is 10.8. The van der Waals surface area contributed by atoms with Crippen LogP contribution in [-0.2, 0) is 11.3 Å². The molecule has 1 aromatic rings. The van der Waals surface area contributed by atoms with Gasteiger partial charge in [-0.1, -0.05) is 41.8 Å². The molecule has 1 saturated heterocycles. The van der Waals surface area contributed by atoms with E-state index >= 15 is 0 Å². The van der Waals surface area contributed by atoms with Crippen LogP contribution in [-0.4, -0.2) is 29.5 Å². The van der Waals surface area contributed by atoms with Crippen molar-refractivity contribution < 1.29 is 9.59 Å². The van der Waals surface area contributed by atoms with E-state index in [0.29, 0.717) is 18.8 Å². The molecule has 1 fully saturated rings. The molecule has 6 heteroatoms. The van der Waals surface area contributed by atoms with Crippen LogP contribution >= 0.6 is 11.8 Å². The van der Waals surface area contributed by atoms with Gasteiger partial charge < -0.3 is 16.4 Å². The molecule has 0 spiro atoms. The molecule has 0 saturated carbocycles. The van der Waals surface area contributed by atoms with E-state index in [1.807, 2.05) is 24.3 Å². The number of rotatable bonds is 3. The van der Waals surface area contributed by atoms with Crippen molar-refractivity contribution >= 4 is 22.9 Å². The number of carbonyl (C=O) groups excluding carboxylic acids is 2. The summed E-state index contributed by atoms with van der Waals surface area (Å²) in [4.78, 5) is 22.9. The monoisotopic (exact) mass is 289 g/mol. The summed E-state index contributed by atoms with van der Waals surface area (Å²) < 4.78 is 0. The first-order valence-electron chi connectivity index (χ1n) is 6.18. The third kappa shape index (κ3) is 3.76. The molecule has 4 N–H and O–H groups in total. The molecule has 1 aromatic carbocycles. The zero-order chi connectivity index (χ0) is 14.4. The molecule has 1 atom stereocenters. The molecule has 0 aliphatic carbocycles. The van der Waals surface area contributed by atoms with Gasteiger partial charge in [0.15, 0.2) is 0 Å². The average Bonchev–Trinajstić information content (AvgIpc) is 2.90. The molecule has 1 aliphatic rings. The number of nitrogens with one attached hydrogen (secondary N) is 2. The first kappa shape index (κ1) is 14.4. The van der Waals surface area contributed by atoms with Crippen LogP contribution in [0.5, 0.6) is 0 Å². The maximum absolute atomic E-state index is 11.9. The fourth-order valence-electron chi connectivity index (χ4n) is 1.77. The SMILES string of the molecule is NCC#Cc1ccccc1CNC(=O)C1CSC(=O)N1. The van der Waals surface area contributed by atoms with E-state index in [1.54, 1.807) is 0 Å². The standard InChI is InChI=1S/C14H15N3O2S/c15-7-3-6-10-4-1-2-5-11(10)8-16-13(18)12-9-20-14(19)17-12/h1-2,4-5,12H,7-9,15H2,(H,16,18)(H,17,19). The second-order valence-corrected chi connectivity index (χ2v) is 5.17. The molecular formula is C14H15N3O2S. The fraction of sp³-hybridized carbons (Fsp3) is 0.286. The van der Waals surface area contributed by atoms with Gasteiger partial charge in [-0.2, -0.15) is 0 Å². The van der Waals surface area contributed by atoms with Crippen molar-refractivity contribution in [3.63, 3.8) is 0 Å². The highest BCUT2D eigenvalue weighted by atomic mass is 32.2. The third-order valence-electron chi connectivity index (χ3n) is 2.79. The Hall–Kier alpha value is -1.97. The maximum Gasteiger partial charge on any atom is 0.279 e. The van der Waals surface area contributed by atoms with Crippen LogP contribution in [0, 0.1) is 11.8 Å². The minimum atomic E-state index is -0.449. The van der Waals surface area contributed by atoms with Gasteiger partial charge in [0.25, 0.3) is 5.24 Å². The Labute approximate surface area is 121 Å². The van der Waals surface area contributed by atoms with E-state index in [2.05, 4.69) is 22.5 Å². The van der Waals surface area contributed by atoms with E-state index in [-0.39, 0.29) is 11.1 Å². The van der Waals surface area contributed by atoms with Crippen molar-refractivity contribution in [2.75, 3.05) is 12.3 Å². The van der Waals surface area contributed by atoms with Crippen molar-refractivity contribution in [3.8, 4) is 11.8 Å². The summed E-state index contributed by atoms with van der Waals surface area (Å²) in [5.41, 5.74) is 7.14. The molecule has 2 rings (SSSR count). The van der Waals surface area contributed by atoms with Gasteiger partial charge in [0.1, 0.15) is 6.04 Å². The first-order valence-corrected chi connectivity index (χ1v) is 7.17. The highest BCUT2D eigenvalue weighted by Crippen LogP contribution is 2.13. The highest BCUT2D eigenvalue weighted by molar-refractivity contribution is 8.14. The number of hydrogen-bond acceptors (Lipinski definition) is 4. The molecule has 5 nitrogen and oxygen atoms in total. The van der Waals surface area contributed by atoms with Gasteiger partial charge in [0.05, 0.1) is 6.54 Å². The van der Waals surface area contributed by atoms with E-state index in [9.17, 15) is 9.59 Å². The lowest BCUT2D eigenvalue weighted by atomic mass is 10.1. The Morgan fingerprint density at radius 1 is 1.50 bits per heavy atom. The minimum Gasteiger partial charge on any atom is -0.350 e. The van der Waals surface area contributed by atoms with Crippen molar-refractivity contribution in [1.82, 2.24) is 10.6 Å². The van der Waals surface area contributed by atoms with E-state index in [4.69, 9.17) is 5.73 Å². The summed E-state index contributed by atoms with van der Waals surface area (Å²) in [6.07, 6.45) is 0. The van der Waals surface area contributed by atoms with Crippen LogP contribution in [0.15, 0.2) is 24.3 Å². The van der Waals surface area contributed by atoms with Crippen LogP contribution in [0.3, 0.4) is 0 Å². The summed E-state index contributed by atoms with van der Waals surface area (Å²) >= 11 is 1.12. The largest absolute Gasteiger partial charge is 0.350 e. The predicted octanol–water partition coefficient (Wildman–Crippen LogP) is 0.438.